The van der Waals surface area contributed by atoms with Crippen LogP contribution >= 0.6 is 23.4 Å². The lowest BCUT2D eigenvalue weighted by Crippen LogP contribution is -2.01. The van der Waals surface area contributed by atoms with Gasteiger partial charge in [0.2, 0.25) is 0 Å². The van der Waals surface area contributed by atoms with Crippen LogP contribution in [0.2, 0.25) is 5.02 Å². The Labute approximate surface area is 165 Å². The van der Waals surface area contributed by atoms with Crippen LogP contribution in [0.3, 0.4) is 0 Å². The van der Waals surface area contributed by atoms with Crippen LogP contribution in [0.4, 0.5) is 0 Å². The fraction of sp³-hybridized carbons (Fsp3) is 0.158. The highest BCUT2D eigenvalue weighted by atomic mass is 35.5. The maximum Gasteiger partial charge on any atom is 0.259 e. The predicted molar refractivity (Wildman–Crippen MR) is 105 cm³/mol. The minimum absolute atomic E-state index is 0.410. The van der Waals surface area contributed by atoms with Crippen molar-refractivity contribution < 1.29 is 4.52 Å². The third-order valence-electron chi connectivity index (χ3n) is 4.05. The van der Waals surface area contributed by atoms with E-state index in [4.69, 9.17) is 16.1 Å². The third kappa shape index (κ3) is 3.61. The lowest BCUT2D eigenvalue weighted by Gasteiger charge is -2.10. The van der Waals surface area contributed by atoms with Crippen LogP contribution in [0.15, 0.2) is 58.2 Å². The number of aromatic nitrogens is 5. The molecule has 0 saturated heterocycles. The topological polar surface area (TPSA) is 69.6 Å². The smallest absolute Gasteiger partial charge is 0.259 e. The Kier molecular flexibility index (Phi) is 4.96. The standard InChI is InChI=1S/C19H16ClN5OS/c1-12-7-3-6-10-16(12)25-13(2)22-23-19(25)27-11-17-21-18(26-24-17)14-8-4-5-9-15(14)20/h3-10H,11H2,1-2H3. The van der Waals surface area contributed by atoms with Gasteiger partial charge in [0.25, 0.3) is 5.89 Å². The summed E-state index contributed by atoms with van der Waals surface area (Å²) in [5, 5.41) is 13.9. The Bertz CT molecular complexity index is 1090. The first-order valence-corrected chi connectivity index (χ1v) is 9.68. The van der Waals surface area contributed by atoms with Gasteiger partial charge >= 0.3 is 0 Å². The van der Waals surface area contributed by atoms with Crippen molar-refractivity contribution in [2.24, 2.45) is 0 Å². The van der Waals surface area contributed by atoms with Crippen LogP contribution in [-0.2, 0) is 5.75 Å². The van der Waals surface area contributed by atoms with Gasteiger partial charge in [-0.1, -0.05) is 58.9 Å². The molecule has 4 rings (SSSR count). The van der Waals surface area contributed by atoms with E-state index in [1.165, 1.54) is 11.8 Å². The number of aryl methyl sites for hydroxylation is 2. The molecule has 0 bridgehead atoms. The number of nitrogens with zero attached hydrogens (tertiary/aromatic N) is 5. The van der Waals surface area contributed by atoms with E-state index in [0.717, 1.165) is 27.8 Å². The van der Waals surface area contributed by atoms with Gasteiger partial charge in [0.1, 0.15) is 5.82 Å². The molecule has 2 heterocycles. The van der Waals surface area contributed by atoms with Gasteiger partial charge in [0.15, 0.2) is 11.0 Å². The number of para-hydroxylation sites is 1. The molecule has 0 aliphatic heterocycles. The highest BCUT2D eigenvalue weighted by molar-refractivity contribution is 7.98. The van der Waals surface area contributed by atoms with Crippen LogP contribution < -0.4 is 0 Å². The zero-order valence-electron chi connectivity index (χ0n) is 14.8. The largest absolute Gasteiger partial charge is 0.334 e. The molecular weight excluding hydrogens is 382 g/mol. The van der Waals surface area contributed by atoms with E-state index in [-0.39, 0.29) is 0 Å². The van der Waals surface area contributed by atoms with Crippen LogP contribution in [-0.4, -0.2) is 24.9 Å². The Hall–Kier alpha value is -2.64. The summed E-state index contributed by atoms with van der Waals surface area (Å²) < 4.78 is 7.39. The highest BCUT2D eigenvalue weighted by Gasteiger charge is 2.16. The summed E-state index contributed by atoms with van der Waals surface area (Å²) in [6, 6.07) is 15.5. The Morgan fingerprint density at radius 3 is 2.63 bits per heavy atom. The number of hydrogen-bond donors (Lipinski definition) is 0. The second-order valence-corrected chi connectivity index (χ2v) is 7.29. The third-order valence-corrected chi connectivity index (χ3v) is 5.31. The Balaban J connectivity index is 1.56. The molecule has 0 N–H and O–H groups in total. The molecule has 136 valence electrons. The van der Waals surface area contributed by atoms with Crippen LogP contribution in [0.1, 0.15) is 17.2 Å². The van der Waals surface area contributed by atoms with E-state index in [1.807, 2.05) is 41.8 Å². The minimum atomic E-state index is 0.410. The number of hydrogen-bond acceptors (Lipinski definition) is 6. The molecular formula is C19H16ClN5OS. The van der Waals surface area contributed by atoms with Crippen molar-refractivity contribution in [3.63, 3.8) is 0 Å². The van der Waals surface area contributed by atoms with Gasteiger partial charge in [0.05, 0.1) is 22.0 Å². The van der Waals surface area contributed by atoms with Crippen molar-refractivity contribution >= 4 is 23.4 Å². The van der Waals surface area contributed by atoms with Gasteiger partial charge in [-0.25, -0.2) is 0 Å². The van der Waals surface area contributed by atoms with Crippen LogP contribution in [0.25, 0.3) is 17.1 Å². The average molecular weight is 398 g/mol. The maximum atomic E-state index is 6.19. The van der Waals surface area contributed by atoms with E-state index in [0.29, 0.717) is 22.5 Å². The van der Waals surface area contributed by atoms with Gasteiger partial charge in [0, 0.05) is 0 Å². The molecule has 0 fully saturated rings. The van der Waals surface area contributed by atoms with E-state index < -0.39 is 0 Å². The normalized spacial score (nSPS) is 11.1. The number of thioether (sulfide) groups is 1. The molecule has 0 saturated carbocycles. The summed E-state index contributed by atoms with van der Waals surface area (Å²) in [5.41, 5.74) is 2.94. The van der Waals surface area contributed by atoms with Crippen molar-refractivity contribution in [1.82, 2.24) is 24.9 Å². The first-order chi connectivity index (χ1) is 13.1. The van der Waals surface area contributed by atoms with E-state index in [9.17, 15) is 0 Å². The minimum Gasteiger partial charge on any atom is -0.334 e. The molecule has 6 nitrogen and oxygen atoms in total. The summed E-state index contributed by atoms with van der Waals surface area (Å²) in [4.78, 5) is 4.44. The first kappa shape index (κ1) is 17.8. The molecule has 4 aromatic rings. The molecule has 0 atom stereocenters. The zero-order valence-corrected chi connectivity index (χ0v) is 16.3. The van der Waals surface area contributed by atoms with Gasteiger partial charge < -0.3 is 4.52 Å². The summed E-state index contributed by atoms with van der Waals surface area (Å²) >= 11 is 7.70. The summed E-state index contributed by atoms with van der Waals surface area (Å²) in [7, 11) is 0. The summed E-state index contributed by atoms with van der Waals surface area (Å²) in [5.74, 6) is 2.33. The quantitative estimate of drug-likeness (QED) is 0.447. The van der Waals surface area contributed by atoms with Crippen molar-refractivity contribution in [1.29, 1.82) is 0 Å². The molecule has 2 aromatic carbocycles. The fourth-order valence-corrected chi connectivity index (χ4v) is 3.76. The number of halogens is 1. The van der Waals surface area contributed by atoms with E-state index in [1.54, 1.807) is 6.07 Å². The van der Waals surface area contributed by atoms with Crippen molar-refractivity contribution in [2.45, 2.75) is 24.8 Å². The van der Waals surface area contributed by atoms with Crippen LogP contribution in [0, 0.1) is 13.8 Å². The first-order valence-electron chi connectivity index (χ1n) is 8.32. The Morgan fingerprint density at radius 2 is 1.81 bits per heavy atom. The fourth-order valence-electron chi connectivity index (χ4n) is 2.71. The second-order valence-electron chi connectivity index (χ2n) is 5.94. The molecule has 0 radical (unpaired) electrons. The van der Waals surface area contributed by atoms with Gasteiger partial charge in [-0.2, -0.15) is 4.98 Å². The molecule has 0 aliphatic rings. The lowest BCUT2D eigenvalue weighted by atomic mass is 10.2. The maximum absolute atomic E-state index is 6.19. The molecule has 0 unspecified atom stereocenters. The summed E-state index contributed by atoms with van der Waals surface area (Å²) in [6.45, 7) is 4.01. The van der Waals surface area contributed by atoms with E-state index >= 15 is 0 Å². The molecule has 27 heavy (non-hydrogen) atoms. The second kappa shape index (κ2) is 7.54. The molecule has 8 heteroatoms. The lowest BCUT2D eigenvalue weighted by molar-refractivity contribution is 0.425. The van der Waals surface area contributed by atoms with Crippen molar-refractivity contribution in [3.8, 4) is 17.1 Å². The molecule has 0 aliphatic carbocycles. The molecule has 0 spiro atoms. The Morgan fingerprint density at radius 1 is 1.04 bits per heavy atom. The number of benzene rings is 2. The summed E-state index contributed by atoms with van der Waals surface area (Å²) in [6.07, 6.45) is 0. The molecule has 0 amide bonds. The predicted octanol–water partition coefficient (Wildman–Crippen LogP) is 4.88. The van der Waals surface area contributed by atoms with Crippen molar-refractivity contribution in [2.75, 3.05) is 0 Å². The molecule has 2 aromatic heterocycles. The van der Waals surface area contributed by atoms with Gasteiger partial charge in [-0.3, -0.25) is 4.57 Å². The van der Waals surface area contributed by atoms with Crippen LogP contribution in [0.5, 0.6) is 0 Å². The van der Waals surface area contributed by atoms with Gasteiger partial charge in [-0.05, 0) is 37.6 Å². The average Bonchev–Trinajstić information content (AvgIpc) is 3.28. The van der Waals surface area contributed by atoms with Crippen molar-refractivity contribution in [3.05, 3.63) is 70.8 Å². The van der Waals surface area contributed by atoms with Gasteiger partial charge in [-0.15, -0.1) is 10.2 Å². The monoisotopic (exact) mass is 397 g/mol. The number of rotatable bonds is 5. The zero-order chi connectivity index (χ0) is 18.8. The van der Waals surface area contributed by atoms with E-state index in [2.05, 4.69) is 39.4 Å². The SMILES string of the molecule is Cc1ccccc1-n1c(C)nnc1SCc1noc(-c2ccccc2Cl)n1. The highest BCUT2D eigenvalue weighted by Crippen LogP contribution is 2.29.